The summed E-state index contributed by atoms with van der Waals surface area (Å²) >= 11 is 0. The van der Waals surface area contributed by atoms with Crippen LogP contribution in [0, 0.1) is 0 Å². The standard InChI is InChI=1S/C3H4F2O3/c4-3(5)8-1-2(6)7/h3H,1H2,(H,6,7). The Morgan fingerprint density at radius 2 is 2.25 bits per heavy atom. The molecule has 0 aromatic rings. The van der Waals surface area contributed by atoms with Gasteiger partial charge < -0.3 is 9.84 Å². The van der Waals surface area contributed by atoms with Crippen molar-refractivity contribution in [3.8, 4) is 0 Å². The summed E-state index contributed by atoms with van der Waals surface area (Å²) in [6.45, 7) is -3.94. The van der Waals surface area contributed by atoms with Crippen molar-refractivity contribution in [2.45, 2.75) is 6.61 Å². The van der Waals surface area contributed by atoms with Crippen LogP contribution in [-0.2, 0) is 9.53 Å². The van der Waals surface area contributed by atoms with Crippen LogP contribution in [0.1, 0.15) is 0 Å². The molecule has 5 heteroatoms. The zero-order chi connectivity index (χ0) is 6.57. The van der Waals surface area contributed by atoms with Gasteiger partial charge in [-0.1, -0.05) is 0 Å². The molecule has 0 saturated carbocycles. The van der Waals surface area contributed by atoms with Gasteiger partial charge in [0.1, 0.15) is 0 Å². The fourth-order valence-corrected chi connectivity index (χ4v) is 0.134. The average Bonchev–Trinajstić information content (AvgIpc) is 1.61. The van der Waals surface area contributed by atoms with E-state index in [9.17, 15) is 13.6 Å². The third-order valence-corrected chi connectivity index (χ3v) is 0.333. The monoisotopic (exact) mass is 126 g/mol. The van der Waals surface area contributed by atoms with Gasteiger partial charge in [0, 0.05) is 0 Å². The van der Waals surface area contributed by atoms with Gasteiger partial charge in [-0.15, -0.1) is 0 Å². The lowest BCUT2D eigenvalue weighted by Gasteiger charge is -1.94. The third kappa shape index (κ3) is 5.29. The highest BCUT2D eigenvalue weighted by Crippen LogP contribution is 1.92. The quantitative estimate of drug-likeness (QED) is 0.591. The smallest absolute Gasteiger partial charge is 0.345 e. The molecule has 8 heavy (non-hydrogen) atoms. The van der Waals surface area contributed by atoms with E-state index in [-0.39, 0.29) is 0 Å². The SMILES string of the molecule is O=C(O)COC(F)F. The first-order chi connectivity index (χ1) is 3.63. The molecule has 0 aliphatic heterocycles. The Hall–Kier alpha value is -0.710. The summed E-state index contributed by atoms with van der Waals surface area (Å²) in [4.78, 5) is 9.45. The van der Waals surface area contributed by atoms with Crippen LogP contribution >= 0.6 is 0 Å². The summed E-state index contributed by atoms with van der Waals surface area (Å²) in [6, 6.07) is 0. The first-order valence-electron chi connectivity index (χ1n) is 1.74. The second-order valence-electron chi connectivity index (χ2n) is 0.965. The van der Waals surface area contributed by atoms with Crippen LogP contribution in [0.3, 0.4) is 0 Å². The molecule has 0 amide bonds. The first-order valence-corrected chi connectivity index (χ1v) is 1.74. The highest BCUT2D eigenvalue weighted by molar-refractivity contribution is 5.67. The summed E-state index contributed by atoms with van der Waals surface area (Å²) in [5.74, 6) is -1.40. The third-order valence-electron chi connectivity index (χ3n) is 0.333. The summed E-state index contributed by atoms with van der Waals surface area (Å²) in [6.07, 6.45) is 0. The molecule has 1 N–H and O–H groups in total. The largest absolute Gasteiger partial charge is 0.480 e. The van der Waals surface area contributed by atoms with Crippen LogP contribution < -0.4 is 0 Å². The van der Waals surface area contributed by atoms with Crippen LogP contribution in [-0.4, -0.2) is 24.3 Å². The zero-order valence-corrected chi connectivity index (χ0v) is 3.80. The van der Waals surface area contributed by atoms with Crippen molar-refractivity contribution in [3.05, 3.63) is 0 Å². The minimum absolute atomic E-state index is 0.947. The van der Waals surface area contributed by atoms with Crippen LogP contribution in [0.25, 0.3) is 0 Å². The Labute approximate surface area is 43.9 Å². The van der Waals surface area contributed by atoms with Gasteiger partial charge in [-0.2, -0.15) is 8.78 Å². The van der Waals surface area contributed by atoms with E-state index >= 15 is 0 Å². The molecule has 0 unspecified atom stereocenters. The Morgan fingerprint density at radius 3 is 2.38 bits per heavy atom. The van der Waals surface area contributed by atoms with Crippen LogP contribution in [0.5, 0.6) is 0 Å². The van der Waals surface area contributed by atoms with E-state index in [1.807, 2.05) is 0 Å². The maximum absolute atomic E-state index is 10.9. The molecule has 0 atom stereocenters. The highest BCUT2D eigenvalue weighted by atomic mass is 19.3. The molecule has 0 spiro atoms. The van der Waals surface area contributed by atoms with E-state index < -0.39 is 19.2 Å². The van der Waals surface area contributed by atoms with Gasteiger partial charge >= 0.3 is 12.6 Å². The molecular weight excluding hydrogens is 122 g/mol. The zero-order valence-electron chi connectivity index (χ0n) is 3.80. The van der Waals surface area contributed by atoms with Crippen molar-refractivity contribution in [1.29, 1.82) is 0 Å². The number of carbonyl (C=O) groups is 1. The van der Waals surface area contributed by atoms with Crippen LogP contribution in [0.15, 0.2) is 0 Å². The van der Waals surface area contributed by atoms with E-state index in [0.29, 0.717) is 0 Å². The molecule has 0 heterocycles. The molecule has 0 rings (SSSR count). The van der Waals surface area contributed by atoms with E-state index in [1.165, 1.54) is 0 Å². The van der Waals surface area contributed by atoms with Gasteiger partial charge in [-0.3, -0.25) is 0 Å². The van der Waals surface area contributed by atoms with E-state index in [1.54, 1.807) is 0 Å². The topological polar surface area (TPSA) is 46.5 Å². The van der Waals surface area contributed by atoms with E-state index in [0.717, 1.165) is 0 Å². The average molecular weight is 126 g/mol. The lowest BCUT2D eigenvalue weighted by Crippen LogP contribution is -2.09. The maximum atomic E-state index is 10.9. The molecule has 0 fully saturated rings. The summed E-state index contributed by atoms with van der Waals surface area (Å²) < 4.78 is 25.2. The van der Waals surface area contributed by atoms with Crippen molar-refractivity contribution < 1.29 is 23.4 Å². The number of alkyl halides is 2. The minimum atomic E-state index is -2.99. The van der Waals surface area contributed by atoms with Gasteiger partial charge in [0.15, 0.2) is 6.61 Å². The highest BCUT2D eigenvalue weighted by Gasteiger charge is 2.03. The number of hydrogen-bond acceptors (Lipinski definition) is 2. The Kier molecular flexibility index (Phi) is 3.02. The molecule has 48 valence electrons. The van der Waals surface area contributed by atoms with Crippen molar-refractivity contribution in [3.63, 3.8) is 0 Å². The maximum Gasteiger partial charge on any atom is 0.345 e. The minimum Gasteiger partial charge on any atom is -0.480 e. The normalized spacial score (nSPS) is 9.88. The Balaban J connectivity index is 3.05. The van der Waals surface area contributed by atoms with Gasteiger partial charge in [-0.05, 0) is 0 Å². The molecule has 0 aliphatic carbocycles. The fraction of sp³-hybridized carbons (Fsp3) is 0.667. The van der Waals surface area contributed by atoms with E-state index in [4.69, 9.17) is 5.11 Å². The lowest BCUT2D eigenvalue weighted by atomic mass is 10.8. The molecule has 0 aliphatic rings. The number of carboxylic acids is 1. The molecule has 0 aromatic heterocycles. The van der Waals surface area contributed by atoms with Crippen molar-refractivity contribution in [2.24, 2.45) is 0 Å². The number of hydrogen-bond donors (Lipinski definition) is 1. The number of carboxylic acid groups (broad SMARTS) is 1. The molecule has 0 bridgehead atoms. The molecule has 3 nitrogen and oxygen atoms in total. The molecule has 0 aromatic carbocycles. The number of aliphatic carboxylic acids is 1. The van der Waals surface area contributed by atoms with Gasteiger partial charge in [-0.25, -0.2) is 4.79 Å². The predicted molar refractivity (Wildman–Crippen MR) is 19.6 cm³/mol. The molecular formula is C3H4F2O3. The predicted octanol–water partition coefficient (Wildman–Crippen LogP) is 0.310. The van der Waals surface area contributed by atoms with E-state index in [2.05, 4.69) is 4.74 Å². The second kappa shape index (κ2) is 3.31. The number of ether oxygens (including phenoxy) is 1. The van der Waals surface area contributed by atoms with Crippen LogP contribution in [0.2, 0.25) is 0 Å². The summed E-state index contributed by atoms with van der Waals surface area (Å²) in [5, 5.41) is 7.70. The number of halogens is 2. The van der Waals surface area contributed by atoms with Crippen molar-refractivity contribution in [1.82, 2.24) is 0 Å². The second-order valence-corrected chi connectivity index (χ2v) is 0.965. The van der Waals surface area contributed by atoms with Crippen LogP contribution in [0.4, 0.5) is 8.78 Å². The van der Waals surface area contributed by atoms with Crippen molar-refractivity contribution >= 4 is 5.97 Å². The van der Waals surface area contributed by atoms with Crippen molar-refractivity contribution in [2.75, 3.05) is 6.61 Å². The number of rotatable bonds is 3. The fourth-order valence-electron chi connectivity index (χ4n) is 0.134. The Morgan fingerprint density at radius 1 is 1.75 bits per heavy atom. The first kappa shape index (κ1) is 7.29. The summed E-state index contributed by atoms with van der Waals surface area (Å²) in [5.41, 5.74) is 0. The molecule has 0 radical (unpaired) electrons. The molecule has 0 saturated heterocycles. The Bertz CT molecular complexity index is 82.6. The lowest BCUT2D eigenvalue weighted by molar-refractivity contribution is -0.164. The van der Waals surface area contributed by atoms with Gasteiger partial charge in [0.2, 0.25) is 0 Å². The van der Waals surface area contributed by atoms with Gasteiger partial charge in [0.05, 0.1) is 0 Å². The summed E-state index contributed by atoms with van der Waals surface area (Å²) in [7, 11) is 0. The van der Waals surface area contributed by atoms with Gasteiger partial charge in [0.25, 0.3) is 0 Å².